The minimum atomic E-state index is 0.166. The van der Waals surface area contributed by atoms with Crippen molar-refractivity contribution in [3.63, 3.8) is 0 Å². The first kappa shape index (κ1) is 21.7. The molecule has 0 fully saturated rings. The molecule has 2 aromatic rings. The Morgan fingerprint density at radius 1 is 1.10 bits per heavy atom. The summed E-state index contributed by atoms with van der Waals surface area (Å²) in [5.41, 5.74) is 3.43. The number of halogens is 1. The predicted molar refractivity (Wildman–Crippen MR) is 122 cm³/mol. The van der Waals surface area contributed by atoms with Gasteiger partial charge in [-0.1, -0.05) is 25.4 Å². The highest BCUT2D eigenvalue weighted by Crippen LogP contribution is 2.37. The first-order chi connectivity index (χ1) is 14.0. The average molecular weight is 417 g/mol. The molecule has 0 bridgehead atoms. The Balaban J connectivity index is 2.11. The van der Waals surface area contributed by atoms with E-state index in [-0.39, 0.29) is 6.04 Å². The smallest absolute Gasteiger partial charge is 0.232 e. The number of hydrogen-bond donors (Lipinski definition) is 0. The van der Waals surface area contributed by atoms with Crippen molar-refractivity contribution < 1.29 is 4.74 Å². The zero-order valence-corrected chi connectivity index (χ0v) is 19.1. The van der Waals surface area contributed by atoms with Gasteiger partial charge in [-0.15, -0.1) is 0 Å². The van der Waals surface area contributed by atoms with Crippen LogP contribution in [0.4, 0.5) is 17.5 Å². The van der Waals surface area contributed by atoms with Gasteiger partial charge < -0.3 is 14.5 Å². The van der Waals surface area contributed by atoms with Gasteiger partial charge in [0.15, 0.2) is 0 Å². The molecule has 6 heteroatoms. The summed E-state index contributed by atoms with van der Waals surface area (Å²) in [7, 11) is 1.65. The highest BCUT2D eigenvalue weighted by molar-refractivity contribution is 6.33. The molecule has 0 saturated heterocycles. The Morgan fingerprint density at radius 2 is 1.83 bits per heavy atom. The molecule has 0 radical (unpaired) electrons. The maximum absolute atomic E-state index is 6.63. The van der Waals surface area contributed by atoms with Crippen LogP contribution in [0.3, 0.4) is 0 Å². The minimum Gasteiger partial charge on any atom is -0.497 e. The first-order valence-corrected chi connectivity index (χ1v) is 11.1. The van der Waals surface area contributed by atoms with Crippen LogP contribution < -0.4 is 14.5 Å². The van der Waals surface area contributed by atoms with Crippen molar-refractivity contribution in [3.05, 3.63) is 34.5 Å². The van der Waals surface area contributed by atoms with Gasteiger partial charge in [0.05, 0.1) is 23.5 Å². The summed E-state index contributed by atoms with van der Waals surface area (Å²) in [6.45, 7) is 10.8. The number of ether oxygens (including phenoxy) is 1. The minimum absolute atomic E-state index is 0.166. The normalized spacial score (nSPS) is 12.9. The van der Waals surface area contributed by atoms with Crippen LogP contribution in [0.5, 0.6) is 5.75 Å². The van der Waals surface area contributed by atoms with Gasteiger partial charge in [0.25, 0.3) is 0 Å². The van der Waals surface area contributed by atoms with Gasteiger partial charge in [0.1, 0.15) is 11.6 Å². The van der Waals surface area contributed by atoms with E-state index in [2.05, 4.69) is 37.5 Å². The number of methoxy groups -OCH3 is 1. The van der Waals surface area contributed by atoms with E-state index in [0.717, 1.165) is 68.4 Å². The molecule has 1 aromatic carbocycles. The molecule has 3 rings (SSSR count). The topological polar surface area (TPSA) is 41.5 Å². The number of rotatable bonds is 9. The van der Waals surface area contributed by atoms with E-state index < -0.39 is 0 Å². The molecule has 158 valence electrons. The number of hydrogen-bond acceptors (Lipinski definition) is 5. The standard InChI is InChI=1S/C23H33ClN4O/c1-6-13-27(14-7-2)22-18-9-8-10-20(18)25-23(26-22)28(16(3)4)21-12-11-17(29-5)15-19(21)24/h11-12,15-16H,6-10,13-14H2,1-5H3. The summed E-state index contributed by atoms with van der Waals surface area (Å²) in [4.78, 5) is 14.7. The summed E-state index contributed by atoms with van der Waals surface area (Å²) < 4.78 is 5.32. The zero-order chi connectivity index (χ0) is 21.0. The van der Waals surface area contributed by atoms with Gasteiger partial charge in [-0.25, -0.2) is 4.98 Å². The fourth-order valence-corrected chi connectivity index (χ4v) is 4.32. The number of aryl methyl sites for hydroxylation is 1. The van der Waals surface area contributed by atoms with Crippen LogP contribution in [0.25, 0.3) is 0 Å². The summed E-state index contributed by atoms with van der Waals surface area (Å²) in [5.74, 6) is 2.59. The number of benzene rings is 1. The van der Waals surface area contributed by atoms with Crippen molar-refractivity contribution in [2.45, 2.75) is 65.8 Å². The van der Waals surface area contributed by atoms with Crippen LogP contribution in [0.15, 0.2) is 18.2 Å². The Hall–Kier alpha value is -2.01. The van der Waals surface area contributed by atoms with Gasteiger partial charge in [-0.3, -0.25) is 0 Å². The maximum Gasteiger partial charge on any atom is 0.232 e. The second-order valence-corrected chi connectivity index (χ2v) is 8.30. The first-order valence-electron chi connectivity index (χ1n) is 10.8. The van der Waals surface area contributed by atoms with E-state index in [1.165, 1.54) is 11.3 Å². The van der Waals surface area contributed by atoms with Gasteiger partial charge in [-0.2, -0.15) is 4.98 Å². The Morgan fingerprint density at radius 3 is 2.41 bits per heavy atom. The molecule has 0 saturated carbocycles. The van der Waals surface area contributed by atoms with E-state index in [1.807, 2.05) is 18.2 Å². The third-order valence-corrected chi connectivity index (χ3v) is 5.64. The van der Waals surface area contributed by atoms with Crippen LogP contribution in [0.1, 0.15) is 58.2 Å². The van der Waals surface area contributed by atoms with Crippen molar-refractivity contribution in [1.29, 1.82) is 0 Å². The highest BCUT2D eigenvalue weighted by Gasteiger charge is 2.27. The van der Waals surface area contributed by atoms with Gasteiger partial charge >= 0.3 is 0 Å². The van der Waals surface area contributed by atoms with Crippen molar-refractivity contribution in [3.8, 4) is 5.75 Å². The van der Waals surface area contributed by atoms with Crippen molar-refractivity contribution >= 4 is 29.1 Å². The van der Waals surface area contributed by atoms with E-state index in [4.69, 9.17) is 26.3 Å². The second-order valence-electron chi connectivity index (χ2n) is 7.89. The molecular formula is C23H33ClN4O. The lowest BCUT2D eigenvalue weighted by molar-refractivity contribution is 0.415. The molecule has 0 aliphatic heterocycles. The van der Waals surface area contributed by atoms with E-state index in [0.29, 0.717) is 5.02 Å². The van der Waals surface area contributed by atoms with Gasteiger partial charge in [0.2, 0.25) is 5.95 Å². The second kappa shape index (κ2) is 9.66. The van der Waals surface area contributed by atoms with Crippen molar-refractivity contribution in [1.82, 2.24) is 9.97 Å². The average Bonchev–Trinajstić information content (AvgIpc) is 3.17. The van der Waals surface area contributed by atoms with E-state index in [1.54, 1.807) is 7.11 Å². The van der Waals surface area contributed by atoms with E-state index in [9.17, 15) is 0 Å². The number of anilines is 3. The van der Waals surface area contributed by atoms with Crippen molar-refractivity contribution in [2.75, 3.05) is 30.0 Å². The number of fused-ring (bicyclic) bond motifs is 1. The third kappa shape index (κ3) is 4.61. The molecule has 0 amide bonds. The summed E-state index contributed by atoms with van der Waals surface area (Å²) in [6, 6.07) is 5.94. The van der Waals surface area contributed by atoms with Crippen LogP contribution >= 0.6 is 11.6 Å². The Kier molecular flexibility index (Phi) is 7.23. The molecule has 0 N–H and O–H groups in total. The maximum atomic E-state index is 6.63. The molecule has 1 heterocycles. The molecule has 29 heavy (non-hydrogen) atoms. The predicted octanol–water partition coefficient (Wildman–Crippen LogP) is 5.80. The number of nitrogens with zero attached hydrogens (tertiary/aromatic N) is 4. The summed E-state index contributed by atoms with van der Waals surface area (Å²) >= 11 is 6.63. The zero-order valence-electron chi connectivity index (χ0n) is 18.3. The van der Waals surface area contributed by atoms with Gasteiger partial charge in [-0.05, 0) is 58.1 Å². The lowest BCUT2D eigenvalue weighted by Crippen LogP contribution is -2.31. The number of aromatic nitrogens is 2. The fourth-order valence-electron chi connectivity index (χ4n) is 4.06. The summed E-state index contributed by atoms with van der Waals surface area (Å²) in [5, 5.41) is 0.641. The lowest BCUT2D eigenvalue weighted by atomic mass is 10.2. The fraction of sp³-hybridized carbons (Fsp3) is 0.565. The van der Waals surface area contributed by atoms with Crippen LogP contribution in [-0.2, 0) is 12.8 Å². The lowest BCUT2D eigenvalue weighted by Gasteiger charge is -2.31. The quantitative estimate of drug-likeness (QED) is 0.516. The Bertz CT molecular complexity index is 834. The molecule has 5 nitrogen and oxygen atoms in total. The molecule has 0 atom stereocenters. The molecular weight excluding hydrogens is 384 g/mol. The van der Waals surface area contributed by atoms with Crippen LogP contribution in [-0.4, -0.2) is 36.2 Å². The highest BCUT2D eigenvalue weighted by atomic mass is 35.5. The Labute approximate surface area is 180 Å². The molecule has 0 spiro atoms. The molecule has 0 unspecified atom stereocenters. The van der Waals surface area contributed by atoms with Crippen LogP contribution in [0.2, 0.25) is 5.02 Å². The van der Waals surface area contributed by atoms with Crippen molar-refractivity contribution in [2.24, 2.45) is 0 Å². The molecule has 1 aromatic heterocycles. The third-order valence-electron chi connectivity index (χ3n) is 5.33. The SMILES string of the molecule is CCCN(CCC)c1nc(N(c2ccc(OC)cc2Cl)C(C)C)nc2c1CCC2. The largest absolute Gasteiger partial charge is 0.497 e. The summed E-state index contributed by atoms with van der Waals surface area (Å²) in [6.07, 6.45) is 5.45. The van der Waals surface area contributed by atoms with Crippen LogP contribution in [0, 0.1) is 0 Å². The molecule has 1 aliphatic rings. The van der Waals surface area contributed by atoms with Gasteiger partial charge in [0, 0.05) is 30.8 Å². The monoisotopic (exact) mass is 416 g/mol. The molecule has 1 aliphatic carbocycles. The van der Waals surface area contributed by atoms with E-state index >= 15 is 0 Å².